The second-order valence-electron chi connectivity index (χ2n) is 8.27. The van der Waals surface area contributed by atoms with Crippen LogP contribution in [0.15, 0.2) is 0 Å². The molecule has 0 radical (unpaired) electrons. The monoisotopic (exact) mass is 326 g/mol. The van der Waals surface area contributed by atoms with Crippen molar-refractivity contribution < 1.29 is 0 Å². The van der Waals surface area contributed by atoms with E-state index in [1.165, 1.54) is 57.4 Å². The molecule has 0 aromatic carbocycles. The lowest BCUT2D eigenvalue weighted by Gasteiger charge is -2.22. The maximum absolute atomic E-state index is 2.62. The van der Waals surface area contributed by atoms with Crippen molar-refractivity contribution in [3.63, 3.8) is 0 Å². The minimum Gasteiger partial charge on any atom is -0.303 e. The van der Waals surface area contributed by atoms with E-state index in [0.717, 1.165) is 29.2 Å². The number of hydrogen-bond acceptors (Lipinski definition) is 3. The van der Waals surface area contributed by atoms with Crippen LogP contribution in [0.4, 0.5) is 0 Å². The van der Waals surface area contributed by atoms with Crippen LogP contribution < -0.4 is 0 Å². The molecule has 0 aromatic rings. The van der Waals surface area contributed by atoms with Gasteiger partial charge in [0.2, 0.25) is 0 Å². The van der Waals surface area contributed by atoms with Crippen molar-refractivity contribution in [3.8, 4) is 0 Å². The van der Waals surface area contributed by atoms with Gasteiger partial charge in [-0.25, -0.2) is 0 Å². The normalized spacial score (nSPS) is 32.2. The van der Waals surface area contributed by atoms with Gasteiger partial charge in [0.05, 0.1) is 0 Å². The lowest BCUT2D eigenvalue weighted by atomic mass is 9.89. The third kappa shape index (κ3) is 5.72. The van der Waals surface area contributed by atoms with E-state index in [-0.39, 0.29) is 0 Å². The van der Waals surface area contributed by atoms with Crippen molar-refractivity contribution in [1.29, 1.82) is 0 Å². The van der Waals surface area contributed by atoms with Crippen molar-refractivity contribution in [2.24, 2.45) is 11.8 Å². The molecule has 2 nitrogen and oxygen atoms in total. The van der Waals surface area contributed by atoms with Gasteiger partial charge in [0.15, 0.2) is 0 Å². The molecular formula is C19H38N2S. The second kappa shape index (κ2) is 8.94. The fraction of sp³-hybridized carbons (Fsp3) is 1.00. The highest BCUT2D eigenvalue weighted by Crippen LogP contribution is 2.32. The molecule has 2 fully saturated rings. The molecule has 0 N–H and O–H groups in total. The molecule has 2 rings (SSSR count). The van der Waals surface area contributed by atoms with Gasteiger partial charge in [0, 0.05) is 24.4 Å². The first kappa shape index (κ1) is 18.6. The van der Waals surface area contributed by atoms with Crippen LogP contribution in [0.25, 0.3) is 0 Å². The topological polar surface area (TPSA) is 6.48 Å². The van der Waals surface area contributed by atoms with Crippen molar-refractivity contribution >= 4 is 11.8 Å². The molecule has 4 unspecified atom stereocenters. The van der Waals surface area contributed by atoms with Gasteiger partial charge in [0.25, 0.3) is 0 Å². The van der Waals surface area contributed by atoms with Gasteiger partial charge >= 0.3 is 0 Å². The largest absolute Gasteiger partial charge is 0.303 e. The van der Waals surface area contributed by atoms with Crippen molar-refractivity contribution in [2.75, 3.05) is 32.9 Å². The predicted molar refractivity (Wildman–Crippen MR) is 101 cm³/mol. The van der Waals surface area contributed by atoms with Crippen molar-refractivity contribution in [1.82, 2.24) is 9.80 Å². The lowest BCUT2D eigenvalue weighted by Crippen LogP contribution is -2.27. The summed E-state index contributed by atoms with van der Waals surface area (Å²) < 4.78 is 0. The van der Waals surface area contributed by atoms with E-state index in [2.05, 4.69) is 56.4 Å². The molecule has 0 bridgehead atoms. The number of nitrogens with zero attached hydrogens (tertiary/aromatic N) is 2. The first-order chi connectivity index (χ1) is 10.5. The van der Waals surface area contributed by atoms with Crippen LogP contribution in [-0.2, 0) is 0 Å². The zero-order valence-corrected chi connectivity index (χ0v) is 16.4. The summed E-state index contributed by atoms with van der Waals surface area (Å²) in [4.78, 5) is 5.20. The zero-order valence-electron chi connectivity index (χ0n) is 15.6. The first-order valence-electron chi connectivity index (χ1n) is 9.47. The summed E-state index contributed by atoms with van der Waals surface area (Å²) in [6.45, 7) is 9.78. The molecule has 130 valence electrons. The maximum atomic E-state index is 2.62. The highest BCUT2D eigenvalue weighted by molar-refractivity contribution is 7.99. The molecule has 2 aliphatic heterocycles. The van der Waals surface area contributed by atoms with E-state index < -0.39 is 0 Å². The minimum absolute atomic E-state index is 0.773. The van der Waals surface area contributed by atoms with Crippen LogP contribution in [0.2, 0.25) is 0 Å². The number of rotatable bonds is 8. The van der Waals surface area contributed by atoms with Crippen LogP contribution in [0.5, 0.6) is 0 Å². The first-order valence-corrected chi connectivity index (χ1v) is 10.5. The number of hydrogen-bond donors (Lipinski definition) is 0. The highest BCUT2D eigenvalue weighted by atomic mass is 32.2. The van der Waals surface area contributed by atoms with Gasteiger partial charge in [-0.05, 0) is 76.3 Å². The van der Waals surface area contributed by atoms with E-state index in [0.29, 0.717) is 0 Å². The zero-order chi connectivity index (χ0) is 16.1. The van der Waals surface area contributed by atoms with E-state index in [9.17, 15) is 0 Å². The Morgan fingerprint density at radius 2 is 1.86 bits per heavy atom. The Hall–Kier alpha value is 0.270. The molecule has 0 spiro atoms. The Morgan fingerprint density at radius 1 is 1.09 bits per heavy atom. The molecular weight excluding hydrogens is 288 g/mol. The molecule has 0 aromatic heterocycles. The van der Waals surface area contributed by atoms with Crippen LogP contribution >= 0.6 is 11.8 Å². The SMILES string of the molecule is CC(CCC1CCCN1C)CC1CC(CSC(C)C)N(C)C1. The molecule has 0 amide bonds. The minimum atomic E-state index is 0.773. The van der Waals surface area contributed by atoms with Gasteiger partial charge < -0.3 is 9.80 Å². The summed E-state index contributed by atoms with van der Waals surface area (Å²) in [7, 11) is 4.65. The summed E-state index contributed by atoms with van der Waals surface area (Å²) in [5.41, 5.74) is 0. The molecule has 3 heteroatoms. The van der Waals surface area contributed by atoms with E-state index in [1.54, 1.807) is 0 Å². The Labute approximate surface area is 143 Å². The fourth-order valence-electron chi connectivity index (χ4n) is 4.37. The van der Waals surface area contributed by atoms with E-state index in [1.807, 2.05) is 0 Å². The summed E-state index contributed by atoms with van der Waals surface area (Å²) >= 11 is 2.13. The van der Waals surface area contributed by atoms with Crippen molar-refractivity contribution in [2.45, 2.75) is 76.6 Å². The van der Waals surface area contributed by atoms with Gasteiger partial charge in [0.1, 0.15) is 0 Å². The van der Waals surface area contributed by atoms with Crippen molar-refractivity contribution in [3.05, 3.63) is 0 Å². The highest BCUT2D eigenvalue weighted by Gasteiger charge is 2.30. The Kier molecular flexibility index (Phi) is 7.56. The quantitative estimate of drug-likeness (QED) is 0.655. The molecule has 0 aliphatic carbocycles. The third-order valence-electron chi connectivity index (χ3n) is 5.80. The molecule has 2 aliphatic rings. The Morgan fingerprint density at radius 3 is 2.50 bits per heavy atom. The number of thioether (sulfide) groups is 1. The maximum Gasteiger partial charge on any atom is 0.0186 e. The van der Waals surface area contributed by atoms with Gasteiger partial charge in [-0.15, -0.1) is 0 Å². The molecule has 22 heavy (non-hydrogen) atoms. The lowest BCUT2D eigenvalue weighted by molar-refractivity contribution is 0.267. The average Bonchev–Trinajstić information content (AvgIpc) is 3.00. The standard InChI is InChI=1S/C19H38N2S/c1-15(2)22-14-19-12-17(13-21(19)5)11-16(3)8-9-18-7-6-10-20(18)4/h15-19H,6-14H2,1-5H3. The van der Waals surface area contributed by atoms with Crippen LogP contribution in [0.1, 0.15) is 59.3 Å². The molecule has 4 atom stereocenters. The van der Waals surface area contributed by atoms with Gasteiger partial charge in [-0.2, -0.15) is 11.8 Å². The van der Waals surface area contributed by atoms with Gasteiger partial charge in [-0.3, -0.25) is 0 Å². The average molecular weight is 327 g/mol. The molecule has 2 heterocycles. The third-order valence-corrected chi connectivity index (χ3v) is 7.04. The Balaban J connectivity index is 1.65. The Bertz CT molecular complexity index is 321. The summed E-state index contributed by atoms with van der Waals surface area (Å²) in [5.74, 6) is 3.18. The van der Waals surface area contributed by atoms with Gasteiger partial charge in [-0.1, -0.05) is 20.8 Å². The van der Waals surface area contributed by atoms with Crippen LogP contribution in [0.3, 0.4) is 0 Å². The van der Waals surface area contributed by atoms with Crippen LogP contribution in [-0.4, -0.2) is 60.1 Å². The molecule has 0 saturated carbocycles. The summed E-state index contributed by atoms with van der Waals surface area (Å²) in [6, 6.07) is 1.70. The smallest absolute Gasteiger partial charge is 0.0186 e. The van der Waals surface area contributed by atoms with E-state index >= 15 is 0 Å². The predicted octanol–water partition coefficient (Wildman–Crippen LogP) is 4.35. The fourth-order valence-corrected chi connectivity index (χ4v) is 5.37. The second-order valence-corrected chi connectivity index (χ2v) is 9.88. The summed E-state index contributed by atoms with van der Waals surface area (Å²) in [5, 5.41) is 0.773. The van der Waals surface area contributed by atoms with Crippen LogP contribution in [0, 0.1) is 11.8 Å². The molecule has 2 saturated heterocycles. The number of likely N-dealkylation sites (tertiary alicyclic amines) is 2. The summed E-state index contributed by atoms with van der Waals surface area (Å²) in [6.07, 6.45) is 8.59. The van der Waals surface area contributed by atoms with E-state index in [4.69, 9.17) is 0 Å².